The highest BCUT2D eigenvalue weighted by Gasteiger charge is 2.46. The molecule has 1 fully saturated rings. The van der Waals surface area contributed by atoms with Gasteiger partial charge in [0.1, 0.15) is 12.4 Å². The third kappa shape index (κ3) is 3.32. The maximum absolute atomic E-state index is 15.0. The minimum Gasteiger partial charge on any atom is -0.458 e. The number of rotatable bonds is 3. The number of fused-ring (bicyclic) bond motifs is 5. The van der Waals surface area contributed by atoms with Gasteiger partial charge in [-0.15, -0.1) is 0 Å². The van der Waals surface area contributed by atoms with Crippen molar-refractivity contribution in [3.63, 3.8) is 0 Å². The molecule has 1 saturated carbocycles. The summed E-state index contributed by atoms with van der Waals surface area (Å²) >= 11 is 0. The maximum atomic E-state index is 15.0. The molecule has 0 spiro atoms. The molecule has 1 aromatic carbocycles. The number of carbonyl (C=O) groups is 2. The summed E-state index contributed by atoms with van der Waals surface area (Å²) in [5.74, 6) is -1.19. The molecule has 4 heterocycles. The molecule has 202 valence electrons. The van der Waals surface area contributed by atoms with Crippen molar-refractivity contribution in [2.45, 2.75) is 76.5 Å². The van der Waals surface area contributed by atoms with Gasteiger partial charge in [-0.25, -0.2) is 19.0 Å². The van der Waals surface area contributed by atoms with E-state index in [1.807, 2.05) is 0 Å². The Morgan fingerprint density at radius 2 is 2.03 bits per heavy atom. The Morgan fingerprint density at radius 1 is 1.26 bits per heavy atom. The smallest absolute Gasteiger partial charge is 0.343 e. The number of halogens is 1. The zero-order valence-corrected chi connectivity index (χ0v) is 21.4. The number of nitrogens with one attached hydrogen (secondary N) is 2. The standard InChI is InChI=1S/C28H27FN4O6/c1-3-28(38)15-6-20-24-13(9-33(20)25(35)14(15)10-39-26(28)36)23-17(31-27(37)32-18-8-21(18)34)5-4-12-11(2)16(29)7-19(30-24)22(12)23/h6-7,17-18,21,34,38H,3-5,8-10H2,1-2H3,(H2,31,32,37)/t17-,18?,21?,28-/m0/s1. The van der Waals surface area contributed by atoms with Crippen molar-refractivity contribution in [3.05, 3.63) is 61.7 Å². The number of pyridine rings is 2. The van der Waals surface area contributed by atoms with E-state index in [0.29, 0.717) is 41.7 Å². The van der Waals surface area contributed by atoms with Crippen LogP contribution >= 0.6 is 0 Å². The Hall–Kier alpha value is -3.83. The lowest BCUT2D eigenvalue weighted by atomic mass is 9.81. The fraction of sp³-hybridized carbons (Fsp3) is 0.429. The number of aliphatic hydroxyl groups excluding tert-OH is 1. The average Bonchev–Trinajstić information content (AvgIpc) is 3.47. The first kappa shape index (κ1) is 24.2. The van der Waals surface area contributed by atoms with Crippen LogP contribution in [0.15, 0.2) is 16.9 Å². The van der Waals surface area contributed by atoms with Crippen LogP contribution in [0.3, 0.4) is 0 Å². The molecule has 7 rings (SSSR count). The molecule has 2 aromatic heterocycles. The highest BCUT2D eigenvalue weighted by Crippen LogP contribution is 2.46. The minimum absolute atomic E-state index is 0.0234. The molecule has 2 aliphatic heterocycles. The van der Waals surface area contributed by atoms with Gasteiger partial charge in [0, 0.05) is 22.6 Å². The van der Waals surface area contributed by atoms with Crippen molar-refractivity contribution in [1.82, 2.24) is 20.2 Å². The summed E-state index contributed by atoms with van der Waals surface area (Å²) in [6, 6.07) is 1.87. The molecular formula is C28H27FN4O6. The number of benzene rings is 1. The van der Waals surface area contributed by atoms with E-state index in [9.17, 15) is 29.0 Å². The Morgan fingerprint density at radius 3 is 2.74 bits per heavy atom. The fourth-order valence-corrected chi connectivity index (χ4v) is 6.40. The maximum Gasteiger partial charge on any atom is 0.343 e. The molecule has 2 amide bonds. The second-order valence-corrected chi connectivity index (χ2v) is 10.9. The first-order valence-corrected chi connectivity index (χ1v) is 13.2. The van der Waals surface area contributed by atoms with Crippen molar-refractivity contribution in [3.8, 4) is 11.4 Å². The Bertz CT molecular complexity index is 1700. The predicted molar refractivity (Wildman–Crippen MR) is 136 cm³/mol. The van der Waals surface area contributed by atoms with Gasteiger partial charge in [-0.2, -0.15) is 0 Å². The monoisotopic (exact) mass is 534 g/mol. The molecule has 11 heteroatoms. The van der Waals surface area contributed by atoms with E-state index in [1.165, 1.54) is 10.6 Å². The van der Waals surface area contributed by atoms with Crippen LogP contribution in [-0.2, 0) is 34.7 Å². The molecule has 39 heavy (non-hydrogen) atoms. The summed E-state index contributed by atoms with van der Waals surface area (Å²) in [7, 11) is 0. The van der Waals surface area contributed by atoms with Gasteiger partial charge in [-0.1, -0.05) is 6.92 Å². The van der Waals surface area contributed by atoms with Gasteiger partial charge >= 0.3 is 12.0 Å². The van der Waals surface area contributed by atoms with Crippen molar-refractivity contribution in [2.24, 2.45) is 0 Å². The normalized spacial score (nSPS) is 26.0. The fourth-order valence-electron chi connectivity index (χ4n) is 6.40. The van der Waals surface area contributed by atoms with Crippen LogP contribution in [0.1, 0.15) is 65.6 Å². The first-order valence-electron chi connectivity index (χ1n) is 13.2. The molecule has 10 nitrogen and oxygen atoms in total. The number of ether oxygens (including phenoxy) is 1. The van der Waals surface area contributed by atoms with Crippen LogP contribution in [0.4, 0.5) is 9.18 Å². The molecule has 4 atom stereocenters. The zero-order chi connectivity index (χ0) is 27.4. The Balaban J connectivity index is 1.44. The molecule has 4 N–H and O–H groups in total. The summed E-state index contributed by atoms with van der Waals surface area (Å²) in [4.78, 5) is 43.8. The van der Waals surface area contributed by atoms with Crippen molar-refractivity contribution >= 4 is 22.9 Å². The van der Waals surface area contributed by atoms with Crippen LogP contribution in [0.2, 0.25) is 0 Å². The largest absolute Gasteiger partial charge is 0.458 e. The van der Waals surface area contributed by atoms with E-state index < -0.39 is 29.7 Å². The van der Waals surface area contributed by atoms with Gasteiger partial charge in [0.25, 0.3) is 5.56 Å². The van der Waals surface area contributed by atoms with Crippen LogP contribution in [0.25, 0.3) is 22.3 Å². The number of amides is 2. The summed E-state index contributed by atoms with van der Waals surface area (Å²) in [5.41, 5.74) is 2.23. The Labute approximate surface area is 221 Å². The quantitative estimate of drug-likeness (QED) is 0.294. The molecule has 3 aromatic rings. The number of hydrogen-bond donors (Lipinski definition) is 4. The zero-order valence-electron chi connectivity index (χ0n) is 21.4. The molecule has 0 radical (unpaired) electrons. The van der Waals surface area contributed by atoms with Gasteiger partial charge < -0.3 is 30.2 Å². The highest BCUT2D eigenvalue weighted by atomic mass is 19.1. The Kier molecular flexibility index (Phi) is 5.03. The van der Waals surface area contributed by atoms with Crippen LogP contribution < -0.4 is 16.2 Å². The van der Waals surface area contributed by atoms with E-state index in [2.05, 4.69) is 10.6 Å². The van der Waals surface area contributed by atoms with Gasteiger partial charge in [-0.3, -0.25) is 4.79 Å². The van der Waals surface area contributed by atoms with Gasteiger partial charge in [0.2, 0.25) is 0 Å². The lowest BCUT2D eigenvalue weighted by Crippen LogP contribution is -2.44. The number of carbonyl (C=O) groups excluding carboxylic acids is 2. The average molecular weight is 535 g/mol. The van der Waals surface area contributed by atoms with Crippen LogP contribution in [0, 0.1) is 12.7 Å². The second-order valence-electron chi connectivity index (χ2n) is 10.9. The number of urea groups is 1. The van der Waals surface area contributed by atoms with E-state index in [4.69, 9.17) is 9.72 Å². The van der Waals surface area contributed by atoms with Crippen molar-refractivity contribution in [1.29, 1.82) is 0 Å². The van der Waals surface area contributed by atoms with Crippen LogP contribution in [0.5, 0.6) is 0 Å². The second kappa shape index (κ2) is 8.09. The summed E-state index contributed by atoms with van der Waals surface area (Å²) in [6.45, 7) is 3.30. The number of cyclic esters (lactones) is 1. The molecular weight excluding hydrogens is 507 g/mol. The van der Waals surface area contributed by atoms with Gasteiger partial charge in [0.15, 0.2) is 5.60 Å². The number of aliphatic hydroxyl groups is 2. The lowest BCUT2D eigenvalue weighted by molar-refractivity contribution is -0.172. The molecule has 0 bridgehead atoms. The van der Waals surface area contributed by atoms with Crippen molar-refractivity contribution < 1.29 is 28.9 Å². The van der Waals surface area contributed by atoms with E-state index in [0.717, 1.165) is 22.1 Å². The minimum atomic E-state index is -1.96. The van der Waals surface area contributed by atoms with E-state index >= 15 is 0 Å². The number of aryl methyl sites for hydroxylation is 1. The predicted octanol–water partition coefficient (Wildman–Crippen LogP) is 1.95. The van der Waals surface area contributed by atoms with Crippen LogP contribution in [-0.4, -0.2) is 43.9 Å². The number of aromatic nitrogens is 2. The molecule has 4 aliphatic rings. The topological polar surface area (TPSA) is 143 Å². The summed E-state index contributed by atoms with van der Waals surface area (Å²) in [5, 5.41) is 27.4. The van der Waals surface area contributed by atoms with Gasteiger partial charge in [0.05, 0.1) is 47.2 Å². The molecule has 2 unspecified atom stereocenters. The number of nitrogens with zero attached hydrogens (tertiary/aromatic N) is 2. The number of hydrogen-bond acceptors (Lipinski definition) is 7. The lowest BCUT2D eigenvalue weighted by Gasteiger charge is -2.31. The van der Waals surface area contributed by atoms with Crippen molar-refractivity contribution in [2.75, 3.05) is 0 Å². The highest BCUT2D eigenvalue weighted by molar-refractivity contribution is 5.94. The van der Waals surface area contributed by atoms with E-state index in [-0.39, 0.29) is 48.1 Å². The SMILES string of the molecule is CC[C@@]1(O)C(=O)OCc2c1cc1n(c2=O)Cc2c-1nc1cc(F)c(C)c3c1c2[C@@H](NC(=O)NC1CC1O)CC3. The van der Waals surface area contributed by atoms with Gasteiger partial charge in [-0.05, 0) is 55.4 Å². The summed E-state index contributed by atoms with van der Waals surface area (Å²) in [6.07, 6.45) is 1.04. The third-order valence-electron chi connectivity index (χ3n) is 8.76. The first-order chi connectivity index (χ1) is 18.6. The molecule has 0 saturated heterocycles. The van der Waals surface area contributed by atoms with E-state index in [1.54, 1.807) is 19.9 Å². The third-order valence-corrected chi connectivity index (χ3v) is 8.76. The molecule has 2 aliphatic carbocycles. The number of esters is 1. The summed E-state index contributed by atoms with van der Waals surface area (Å²) < 4.78 is 21.7.